The van der Waals surface area contributed by atoms with Gasteiger partial charge in [-0.05, 0) is 37.1 Å². The van der Waals surface area contributed by atoms with Crippen LogP contribution < -0.4 is 15.5 Å². The van der Waals surface area contributed by atoms with Crippen LogP contribution in [0.1, 0.15) is 37.5 Å². The van der Waals surface area contributed by atoms with E-state index in [4.69, 9.17) is 0 Å². The number of anilines is 1. The van der Waals surface area contributed by atoms with Gasteiger partial charge in [-0.25, -0.2) is 0 Å². The summed E-state index contributed by atoms with van der Waals surface area (Å²) >= 11 is 0. The molecular formula is C22H30N3O2+. The maximum atomic E-state index is 12.3. The maximum Gasteiger partial charge on any atom is 0.224 e. The van der Waals surface area contributed by atoms with Crippen molar-refractivity contribution in [2.75, 3.05) is 18.4 Å². The third-order valence-electron chi connectivity index (χ3n) is 4.67. The van der Waals surface area contributed by atoms with Gasteiger partial charge in [-0.15, -0.1) is 0 Å². The summed E-state index contributed by atoms with van der Waals surface area (Å²) in [6.07, 6.45) is 0.323. The molecule has 2 rings (SSSR count). The highest BCUT2D eigenvalue weighted by molar-refractivity contribution is 5.88. The molecule has 0 saturated carbocycles. The summed E-state index contributed by atoms with van der Waals surface area (Å²) in [5.41, 5.74) is 4.12. The van der Waals surface area contributed by atoms with Crippen molar-refractivity contribution < 1.29 is 14.5 Å². The minimum Gasteiger partial charge on any atom is -0.352 e. The Morgan fingerprint density at radius 1 is 0.926 bits per heavy atom. The number of hydrogen-bond acceptors (Lipinski definition) is 2. The Hall–Kier alpha value is -2.66. The van der Waals surface area contributed by atoms with Crippen molar-refractivity contribution in [2.45, 2.75) is 40.3 Å². The van der Waals surface area contributed by atoms with Crippen LogP contribution in [-0.2, 0) is 29.1 Å². The zero-order valence-electron chi connectivity index (χ0n) is 16.5. The fourth-order valence-electron chi connectivity index (χ4n) is 3.02. The lowest BCUT2D eigenvalue weighted by Crippen LogP contribution is -3.10. The van der Waals surface area contributed by atoms with Crippen LogP contribution in [0.25, 0.3) is 0 Å². The van der Waals surface area contributed by atoms with Crippen LogP contribution in [0.5, 0.6) is 0 Å². The molecule has 0 aliphatic heterocycles. The molecule has 0 bridgehead atoms. The lowest BCUT2D eigenvalue weighted by Gasteiger charge is -2.18. The predicted octanol–water partition coefficient (Wildman–Crippen LogP) is 1.93. The minimum atomic E-state index is -0.106. The molecule has 0 aliphatic carbocycles. The summed E-state index contributed by atoms with van der Waals surface area (Å²) in [6, 6.07) is 15.7. The van der Waals surface area contributed by atoms with Crippen LogP contribution in [-0.4, -0.2) is 24.9 Å². The van der Waals surface area contributed by atoms with Gasteiger partial charge in [-0.3, -0.25) is 9.59 Å². The molecule has 0 radical (unpaired) electrons. The Morgan fingerprint density at radius 3 is 2.15 bits per heavy atom. The number of quaternary nitrogens is 1. The first kappa shape index (κ1) is 20.6. The van der Waals surface area contributed by atoms with Gasteiger partial charge in [0.25, 0.3) is 0 Å². The van der Waals surface area contributed by atoms with E-state index in [9.17, 15) is 9.59 Å². The molecular weight excluding hydrogens is 338 g/mol. The molecule has 0 heterocycles. The average Bonchev–Trinajstić information content (AvgIpc) is 2.66. The average molecular weight is 369 g/mol. The molecule has 2 aromatic carbocycles. The van der Waals surface area contributed by atoms with Crippen LogP contribution in [0, 0.1) is 0 Å². The van der Waals surface area contributed by atoms with Gasteiger partial charge in [0.15, 0.2) is 0 Å². The van der Waals surface area contributed by atoms with Crippen molar-refractivity contribution in [3.8, 4) is 0 Å². The first-order chi connectivity index (χ1) is 13.0. The van der Waals surface area contributed by atoms with Crippen molar-refractivity contribution >= 4 is 17.5 Å². The quantitative estimate of drug-likeness (QED) is 0.633. The smallest absolute Gasteiger partial charge is 0.224 e. The van der Waals surface area contributed by atoms with Gasteiger partial charge in [0.2, 0.25) is 11.8 Å². The van der Waals surface area contributed by atoms with Crippen molar-refractivity contribution in [2.24, 2.45) is 0 Å². The molecule has 0 aliphatic rings. The van der Waals surface area contributed by atoms with Gasteiger partial charge in [-0.2, -0.15) is 0 Å². The van der Waals surface area contributed by atoms with E-state index in [0.717, 1.165) is 30.9 Å². The van der Waals surface area contributed by atoms with Crippen LogP contribution >= 0.6 is 0 Å². The SMILES string of the molecule is CC[NH+](CC)Cc1ccccc1CNC(=O)Cc1ccc(NC(C)=O)cc1. The number of rotatable bonds is 9. The molecule has 27 heavy (non-hydrogen) atoms. The van der Waals surface area contributed by atoms with Crippen molar-refractivity contribution in [1.82, 2.24) is 5.32 Å². The molecule has 5 heteroatoms. The van der Waals surface area contributed by atoms with Gasteiger partial charge < -0.3 is 15.5 Å². The first-order valence-electron chi connectivity index (χ1n) is 9.55. The largest absolute Gasteiger partial charge is 0.352 e. The lowest BCUT2D eigenvalue weighted by atomic mass is 10.1. The fraction of sp³-hybridized carbons (Fsp3) is 0.364. The number of hydrogen-bond donors (Lipinski definition) is 3. The molecule has 0 aromatic heterocycles. The molecule has 2 amide bonds. The van der Waals surface area contributed by atoms with Gasteiger partial charge >= 0.3 is 0 Å². The van der Waals surface area contributed by atoms with Crippen LogP contribution in [0.15, 0.2) is 48.5 Å². The summed E-state index contributed by atoms with van der Waals surface area (Å²) < 4.78 is 0. The molecule has 144 valence electrons. The number of nitrogens with one attached hydrogen (secondary N) is 3. The number of carbonyl (C=O) groups excluding carboxylic acids is 2. The van der Waals surface area contributed by atoms with E-state index in [1.165, 1.54) is 23.0 Å². The van der Waals surface area contributed by atoms with Gasteiger partial charge in [0.1, 0.15) is 6.54 Å². The normalized spacial score (nSPS) is 10.7. The van der Waals surface area contributed by atoms with E-state index in [0.29, 0.717) is 13.0 Å². The summed E-state index contributed by atoms with van der Waals surface area (Å²) in [7, 11) is 0. The zero-order chi connectivity index (χ0) is 19.6. The number of carbonyl (C=O) groups is 2. The summed E-state index contributed by atoms with van der Waals surface area (Å²) in [6.45, 7) is 9.56. The van der Waals surface area contributed by atoms with E-state index >= 15 is 0 Å². The second-order valence-corrected chi connectivity index (χ2v) is 6.73. The van der Waals surface area contributed by atoms with Crippen molar-refractivity contribution in [1.29, 1.82) is 0 Å². The van der Waals surface area contributed by atoms with E-state index < -0.39 is 0 Å². The van der Waals surface area contributed by atoms with E-state index in [1.807, 2.05) is 30.3 Å². The third kappa shape index (κ3) is 6.87. The molecule has 0 spiro atoms. The molecule has 0 atom stereocenters. The summed E-state index contributed by atoms with van der Waals surface area (Å²) in [5, 5.41) is 5.75. The Balaban J connectivity index is 1.91. The van der Waals surface area contributed by atoms with Gasteiger partial charge in [0.05, 0.1) is 19.5 Å². The second-order valence-electron chi connectivity index (χ2n) is 6.73. The Labute approximate surface area is 161 Å². The molecule has 5 nitrogen and oxygen atoms in total. The summed E-state index contributed by atoms with van der Waals surface area (Å²) in [5.74, 6) is -0.113. The van der Waals surface area contributed by atoms with Crippen LogP contribution in [0.2, 0.25) is 0 Å². The van der Waals surface area contributed by atoms with E-state index in [-0.39, 0.29) is 11.8 Å². The Morgan fingerprint density at radius 2 is 1.56 bits per heavy atom. The number of benzene rings is 2. The Kier molecular flexibility index (Phi) is 8.01. The standard InChI is InChI=1S/C22H29N3O2/c1-4-25(5-2)16-20-9-7-6-8-19(20)15-23-22(27)14-18-10-12-21(13-11-18)24-17(3)26/h6-13H,4-5,14-16H2,1-3H3,(H,23,27)(H,24,26)/p+1. The van der Waals surface area contributed by atoms with Gasteiger partial charge in [-0.1, -0.05) is 36.4 Å². The molecule has 0 unspecified atom stereocenters. The highest BCUT2D eigenvalue weighted by Gasteiger charge is 2.10. The van der Waals surface area contributed by atoms with E-state index in [2.05, 4.69) is 42.7 Å². The lowest BCUT2D eigenvalue weighted by molar-refractivity contribution is -0.910. The van der Waals surface area contributed by atoms with Crippen LogP contribution in [0.3, 0.4) is 0 Å². The molecule has 0 saturated heterocycles. The molecule has 0 fully saturated rings. The maximum absolute atomic E-state index is 12.3. The predicted molar refractivity (Wildman–Crippen MR) is 108 cm³/mol. The highest BCUT2D eigenvalue weighted by atomic mass is 16.2. The highest BCUT2D eigenvalue weighted by Crippen LogP contribution is 2.11. The third-order valence-corrected chi connectivity index (χ3v) is 4.67. The second kappa shape index (κ2) is 10.5. The van der Waals surface area contributed by atoms with Crippen LogP contribution in [0.4, 0.5) is 5.69 Å². The minimum absolute atomic E-state index is 0.00716. The fourth-order valence-corrected chi connectivity index (χ4v) is 3.02. The Bertz CT molecular complexity index is 752. The summed E-state index contributed by atoms with van der Waals surface area (Å²) in [4.78, 5) is 24.9. The number of amides is 2. The van der Waals surface area contributed by atoms with E-state index in [1.54, 1.807) is 0 Å². The first-order valence-corrected chi connectivity index (χ1v) is 9.55. The molecule has 3 N–H and O–H groups in total. The van der Waals surface area contributed by atoms with Crippen molar-refractivity contribution in [3.05, 3.63) is 65.2 Å². The monoisotopic (exact) mass is 368 g/mol. The van der Waals surface area contributed by atoms with Crippen molar-refractivity contribution in [3.63, 3.8) is 0 Å². The zero-order valence-corrected chi connectivity index (χ0v) is 16.5. The molecule has 2 aromatic rings. The topological polar surface area (TPSA) is 62.6 Å². The van der Waals surface area contributed by atoms with Gasteiger partial charge in [0, 0.05) is 24.7 Å².